The zero-order chi connectivity index (χ0) is 18.8. The van der Waals surface area contributed by atoms with Crippen LogP contribution < -0.4 is 14.8 Å². The van der Waals surface area contributed by atoms with Crippen molar-refractivity contribution in [1.29, 1.82) is 0 Å². The minimum atomic E-state index is -0.155. The standard InChI is InChI=1S/C20H24BrNO4/c1-3-25-18-13-16(20(23)22-10-7-11-24-2)12-17(21)19(18)26-14-15-8-5-4-6-9-15/h4-6,8-9,12-13H,3,7,10-11,14H2,1-2H3,(H,22,23). The highest BCUT2D eigenvalue weighted by Gasteiger charge is 2.16. The number of hydrogen-bond acceptors (Lipinski definition) is 4. The van der Waals surface area contributed by atoms with E-state index in [0.29, 0.717) is 47.9 Å². The van der Waals surface area contributed by atoms with E-state index < -0.39 is 0 Å². The van der Waals surface area contributed by atoms with Crippen LogP contribution in [-0.2, 0) is 11.3 Å². The van der Waals surface area contributed by atoms with E-state index in [1.54, 1.807) is 19.2 Å². The topological polar surface area (TPSA) is 56.8 Å². The Morgan fingerprint density at radius 2 is 1.92 bits per heavy atom. The van der Waals surface area contributed by atoms with Crippen molar-refractivity contribution < 1.29 is 19.0 Å². The number of carbonyl (C=O) groups is 1. The predicted molar refractivity (Wildman–Crippen MR) is 105 cm³/mol. The molecule has 1 N–H and O–H groups in total. The number of amides is 1. The molecule has 0 saturated carbocycles. The van der Waals surface area contributed by atoms with E-state index in [4.69, 9.17) is 14.2 Å². The molecule has 0 saturated heterocycles. The van der Waals surface area contributed by atoms with Crippen LogP contribution in [0.2, 0.25) is 0 Å². The lowest BCUT2D eigenvalue weighted by molar-refractivity contribution is 0.0948. The third kappa shape index (κ3) is 6.04. The van der Waals surface area contributed by atoms with Crippen LogP contribution in [0.3, 0.4) is 0 Å². The van der Waals surface area contributed by atoms with Gasteiger partial charge in [0.1, 0.15) is 6.61 Å². The number of ether oxygens (including phenoxy) is 3. The van der Waals surface area contributed by atoms with E-state index in [2.05, 4.69) is 21.2 Å². The summed E-state index contributed by atoms with van der Waals surface area (Å²) in [6, 6.07) is 13.3. The van der Waals surface area contributed by atoms with Crippen LogP contribution in [0.5, 0.6) is 11.5 Å². The molecule has 0 aliphatic heterocycles. The lowest BCUT2D eigenvalue weighted by Gasteiger charge is -2.15. The van der Waals surface area contributed by atoms with E-state index in [9.17, 15) is 4.79 Å². The van der Waals surface area contributed by atoms with E-state index in [0.717, 1.165) is 12.0 Å². The molecule has 0 aromatic heterocycles. The molecule has 5 nitrogen and oxygen atoms in total. The van der Waals surface area contributed by atoms with Crippen LogP contribution >= 0.6 is 15.9 Å². The Bertz CT molecular complexity index is 706. The van der Waals surface area contributed by atoms with Crippen LogP contribution in [0, 0.1) is 0 Å². The number of benzene rings is 2. The summed E-state index contributed by atoms with van der Waals surface area (Å²) in [5.41, 5.74) is 1.58. The second-order valence-corrected chi connectivity index (χ2v) is 6.45. The van der Waals surface area contributed by atoms with Crippen LogP contribution in [0.1, 0.15) is 29.3 Å². The highest BCUT2D eigenvalue weighted by atomic mass is 79.9. The minimum absolute atomic E-state index is 0.155. The highest BCUT2D eigenvalue weighted by molar-refractivity contribution is 9.10. The molecule has 1 amide bonds. The highest BCUT2D eigenvalue weighted by Crippen LogP contribution is 2.37. The average Bonchev–Trinajstić information content (AvgIpc) is 2.65. The van der Waals surface area contributed by atoms with Gasteiger partial charge in [0, 0.05) is 25.8 Å². The number of carbonyl (C=O) groups excluding carboxylic acids is 1. The van der Waals surface area contributed by atoms with Crippen molar-refractivity contribution in [3.05, 3.63) is 58.1 Å². The summed E-state index contributed by atoms with van der Waals surface area (Å²) in [4.78, 5) is 12.3. The van der Waals surface area contributed by atoms with Crippen molar-refractivity contribution in [2.75, 3.05) is 26.9 Å². The van der Waals surface area contributed by atoms with E-state index in [1.807, 2.05) is 37.3 Å². The van der Waals surface area contributed by atoms with Crippen molar-refractivity contribution in [2.45, 2.75) is 20.0 Å². The summed E-state index contributed by atoms with van der Waals surface area (Å²) < 4.78 is 17.3. The van der Waals surface area contributed by atoms with E-state index in [1.165, 1.54) is 0 Å². The summed E-state index contributed by atoms with van der Waals surface area (Å²) in [5, 5.41) is 2.87. The molecule has 140 valence electrons. The molecule has 2 aromatic carbocycles. The number of nitrogens with one attached hydrogen (secondary N) is 1. The molecule has 0 bridgehead atoms. The first-order valence-electron chi connectivity index (χ1n) is 8.56. The third-order valence-corrected chi connectivity index (χ3v) is 4.20. The fraction of sp³-hybridized carbons (Fsp3) is 0.350. The zero-order valence-corrected chi connectivity index (χ0v) is 16.7. The van der Waals surface area contributed by atoms with Crippen LogP contribution in [0.25, 0.3) is 0 Å². The van der Waals surface area contributed by atoms with Gasteiger partial charge in [-0.2, -0.15) is 0 Å². The van der Waals surface area contributed by atoms with Crippen LogP contribution in [-0.4, -0.2) is 32.8 Å². The maximum absolute atomic E-state index is 12.3. The molecule has 0 aliphatic carbocycles. The molecule has 0 atom stereocenters. The second-order valence-electron chi connectivity index (χ2n) is 5.59. The van der Waals surface area contributed by atoms with Gasteiger partial charge in [0.25, 0.3) is 5.91 Å². The Hall–Kier alpha value is -2.05. The maximum atomic E-state index is 12.3. The molecule has 2 aromatic rings. The quantitative estimate of drug-likeness (QED) is 0.584. The lowest BCUT2D eigenvalue weighted by Crippen LogP contribution is -2.25. The largest absolute Gasteiger partial charge is 0.490 e. The Morgan fingerprint density at radius 1 is 1.15 bits per heavy atom. The number of methoxy groups -OCH3 is 1. The first kappa shape index (κ1) is 20.3. The van der Waals surface area contributed by atoms with Gasteiger partial charge in [-0.1, -0.05) is 30.3 Å². The molecule has 0 aliphatic rings. The molecule has 0 heterocycles. The van der Waals surface area contributed by atoms with Gasteiger partial charge < -0.3 is 19.5 Å². The van der Waals surface area contributed by atoms with Crippen molar-refractivity contribution in [3.8, 4) is 11.5 Å². The van der Waals surface area contributed by atoms with Crippen LogP contribution in [0.15, 0.2) is 46.9 Å². The fourth-order valence-corrected chi connectivity index (χ4v) is 2.91. The molecule has 0 radical (unpaired) electrons. The van der Waals surface area contributed by atoms with E-state index >= 15 is 0 Å². The Morgan fingerprint density at radius 3 is 2.62 bits per heavy atom. The monoisotopic (exact) mass is 421 g/mol. The zero-order valence-electron chi connectivity index (χ0n) is 15.1. The van der Waals surface area contributed by atoms with Gasteiger partial charge in [-0.05, 0) is 47.0 Å². The molecule has 0 fully saturated rings. The van der Waals surface area contributed by atoms with Gasteiger partial charge in [-0.3, -0.25) is 4.79 Å². The second kappa shape index (κ2) is 10.8. The molecular formula is C20H24BrNO4. The predicted octanol–water partition coefficient (Wildman–Crippen LogP) is 4.19. The van der Waals surface area contributed by atoms with Crippen LogP contribution in [0.4, 0.5) is 0 Å². The van der Waals surface area contributed by atoms with Gasteiger partial charge in [0.15, 0.2) is 11.5 Å². The summed E-state index contributed by atoms with van der Waals surface area (Å²) >= 11 is 3.50. The van der Waals surface area contributed by atoms with Crippen molar-refractivity contribution >= 4 is 21.8 Å². The first-order chi connectivity index (χ1) is 12.7. The Kier molecular flexibility index (Phi) is 8.44. The summed E-state index contributed by atoms with van der Waals surface area (Å²) in [6.45, 7) is 3.96. The number of hydrogen-bond donors (Lipinski definition) is 1. The number of halogens is 1. The summed E-state index contributed by atoms with van der Waals surface area (Å²) in [6.07, 6.45) is 0.764. The Labute approximate surface area is 162 Å². The fourth-order valence-electron chi connectivity index (χ4n) is 2.35. The lowest BCUT2D eigenvalue weighted by atomic mass is 10.2. The smallest absolute Gasteiger partial charge is 0.251 e. The molecular weight excluding hydrogens is 398 g/mol. The normalized spacial score (nSPS) is 10.4. The SMILES string of the molecule is CCOc1cc(C(=O)NCCCOC)cc(Br)c1OCc1ccccc1. The van der Waals surface area contributed by atoms with Gasteiger partial charge in [0.05, 0.1) is 11.1 Å². The average molecular weight is 422 g/mol. The number of rotatable bonds is 10. The molecule has 0 spiro atoms. The van der Waals surface area contributed by atoms with Crippen molar-refractivity contribution in [1.82, 2.24) is 5.32 Å². The van der Waals surface area contributed by atoms with Crippen molar-refractivity contribution in [3.63, 3.8) is 0 Å². The summed E-state index contributed by atoms with van der Waals surface area (Å²) in [7, 11) is 1.64. The van der Waals surface area contributed by atoms with Gasteiger partial charge in [-0.25, -0.2) is 0 Å². The van der Waals surface area contributed by atoms with Gasteiger partial charge in [-0.15, -0.1) is 0 Å². The first-order valence-corrected chi connectivity index (χ1v) is 9.35. The van der Waals surface area contributed by atoms with Gasteiger partial charge in [0.2, 0.25) is 0 Å². The molecule has 2 rings (SSSR count). The molecule has 0 unspecified atom stereocenters. The minimum Gasteiger partial charge on any atom is -0.490 e. The third-order valence-electron chi connectivity index (χ3n) is 3.61. The van der Waals surface area contributed by atoms with E-state index in [-0.39, 0.29) is 5.91 Å². The maximum Gasteiger partial charge on any atom is 0.251 e. The van der Waals surface area contributed by atoms with Crippen molar-refractivity contribution in [2.24, 2.45) is 0 Å². The Balaban J connectivity index is 2.12. The summed E-state index contributed by atoms with van der Waals surface area (Å²) in [5.74, 6) is 0.976. The van der Waals surface area contributed by atoms with Gasteiger partial charge >= 0.3 is 0 Å². The molecule has 6 heteroatoms. The molecule has 26 heavy (non-hydrogen) atoms.